The van der Waals surface area contributed by atoms with Crippen LogP contribution in [0.25, 0.3) is 10.9 Å². The molecule has 80 valence electrons. The molecule has 0 spiro atoms. The van der Waals surface area contributed by atoms with Gasteiger partial charge in [0.25, 0.3) is 5.56 Å². The Balaban J connectivity index is 2.55. The van der Waals surface area contributed by atoms with Crippen molar-refractivity contribution in [2.45, 2.75) is 12.8 Å². The SMILES string of the molecule is N#CCCc1cc2ccc(Br)cc2[nH]c1=O. The Kier molecular flexibility index (Phi) is 3.07. The molecule has 1 aromatic heterocycles. The second kappa shape index (κ2) is 4.50. The van der Waals surface area contributed by atoms with E-state index in [2.05, 4.69) is 20.9 Å². The molecule has 3 nitrogen and oxygen atoms in total. The number of rotatable bonds is 2. The van der Waals surface area contributed by atoms with Crippen LogP contribution in [0.15, 0.2) is 33.5 Å². The van der Waals surface area contributed by atoms with E-state index < -0.39 is 0 Å². The number of fused-ring (bicyclic) bond motifs is 1. The first-order valence-corrected chi connectivity index (χ1v) is 5.68. The lowest BCUT2D eigenvalue weighted by Gasteiger charge is -2.01. The molecule has 0 unspecified atom stereocenters. The van der Waals surface area contributed by atoms with Gasteiger partial charge >= 0.3 is 0 Å². The van der Waals surface area contributed by atoms with E-state index in [9.17, 15) is 4.79 Å². The Bertz CT molecular complexity index is 625. The van der Waals surface area contributed by atoms with Gasteiger partial charge in [0.15, 0.2) is 0 Å². The van der Waals surface area contributed by atoms with E-state index in [0.29, 0.717) is 18.4 Å². The lowest BCUT2D eigenvalue weighted by Crippen LogP contribution is -2.11. The molecule has 0 aliphatic carbocycles. The Hall–Kier alpha value is -1.60. The molecule has 1 N–H and O–H groups in total. The smallest absolute Gasteiger partial charge is 0.251 e. The number of aryl methyl sites for hydroxylation is 1. The molecule has 0 amide bonds. The van der Waals surface area contributed by atoms with Crippen molar-refractivity contribution in [1.29, 1.82) is 5.26 Å². The summed E-state index contributed by atoms with van der Waals surface area (Å²) in [6, 6.07) is 9.61. The summed E-state index contributed by atoms with van der Waals surface area (Å²) in [4.78, 5) is 14.5. The molecular weight excluding hydrogens is 268 g/mol. The minimum atomic E-state index is -0.110. The summed E-state index contributed by atoms with van der Waals surface area (Å²) in [7, 11) is 0. The number of hydrogen-bond donors (Lipinski definition) is 1. The van der Waals surface area contributed by atoms with Gasteiger partial charge in [-0.1, -0.05) is 22.0 Å². The molecule has 2 rings (SSSR count). The molecule has 2 aromatic rings. The van der Waals surface area contributed by atoms with Gasteiger partial charge in [-0.3, -0.25) is 4.79 Å². The minimum Gasteiger partial charge on any atom is -0.322 e. The summed E-state index contributed by atoms with van der Waals surface area (Å²) < 4.78 is 0.931. The molecule has 0 saturated heterocycles. The maximum Gasteiger partial charge on any atom is 0.251 e. The quantitative estimate of drug-likeness (QED) is 0.917. The van der Waals surface area contributed by atoms with Crippen molar-refractivity contribution in [3.05, 3.63) is 44.7 Å². The van der Waals surface area contributed by atoms with E-state index >= 15 is 0 Å². The van der Waals surface area contributed by atoms with Gasteiger partial charge in [0.2, 0.25) is 0 Å². The zero-order valence-electron chi connectivity index (χ0n) is 8.46. The molecule has 4 heteroatoms. The molecule has 0 bridgehead atoms. The van der Waals surface area contributed by atoms with Crippen molar-refractivity contribution in [1.82, 2.24) is 4.98 Å². The summed E-state index contributed by atoms with van der Waals surface area (Å²) in [5, 5.41) is 9.48. The number of H-pyrrole nitrogens is 1. The van der Waals surface area contributed by atoms with Gasteiger partial charge in [-0.25, -0.2) is 0 Å². The van der Waals surface area contributed by atoms with Crippen molar-refractivity contribution in [2.75, 3.05) is 0 Å². The number of aromatic nitrogens is 1. The molecule has 0 aliphatic heterocycles. The highest BCUT2D eigenvalue weighted by atomic mass is 79.9. The van der Waals surface area contributed by atoms with Crippen LogP contribution in [0.3, 0.4) is 0 Å². The number of nitrogens with one attached hydrogen (secondary N) is 1. The van der Waals surface area contributed by atoms with E-state index in [1.807, 2.05) is 30.3 Å². The van der Waals surface area contributed by atoms with E-state index in [0.717, 1.165) is 15.4 Å². The number of benzene rings is 1. The van der Waals surface area contributed by atoms with Crippen LogP contribution in [0.4, 0.5) is 0 Å². The molecule has 1 aromatic carbocycles. The fourth-order valence-corrected chi connectivity index (χ4v) is 1.96. The molecule has 0 atom stereocenters. The van der Waals surface area contributed by atoms with Gasteiger partial charge in [-0.15, -0.1) is 0 Å². The van der Waals surface area contributed by atoms with Gasteiger partial charge in [-0.05, 0) is 30.0 Å². The van der Waals surface area contributed by atoms with Crippen LogP contribution in [-0.2, 0) is 6.42 Å². The predicted molar refractivity (Wildman–Crippen MR) is 66.2 cm³/mol. The third kappa shape index (κ3) is 2.15. The van der Waals surface area contributed by atoms with Crippen LogP contribution in [0.2, 0.25) is 0 Å². The van der Waals surface area contributed by atoms with E-state index in [-0.39, 0.29) is 5.56 Å². The number of halogens is 1. The zero-order valence-corrected chi connectivity index (χ0v) is 10.0. The first-order valence-electron chi connectivity index (χ1n) is 4.89. The Labute approximate surface area is 101 Å². The fraction of sp³-hybridized carbons (Fsp3) is 0.167. The van der Waals surface area contributed by atoms with E-state index in [1.54, 1.807) is 0 Å². The monoisotopic (exact) mass is 276 g/mol. The van der Waals surface area contributed by atoms with Crippen molar-refractivity contribution in [3.63, 3.8) is 0 Å². The molecule has 1 heterocycles. The van der Waals surface area contributed by atoms with Crippen LogP contribution in [-0.4, -0.2) is 4.98 Å². The van der Waals surface area contributed by atoms with Gasteiger partial charge in [0, 0.05) is 22.0 Å². The molecule has 0 aliphatic rings. The maximum absolute atomic E-state index is 11.7. The fourth-order valence-electron chi connectivity index (χ4n) is 1.59. The summed E-state index contributed by atoms with van der Waals surface area (Å²) in [5.41, 5.74) is 1.36. The van der Waals surface area contributed by atoms with E-state index in [1.165, 1.54) is 0 Å². The number of pyridine rings is 1. The van der Waals surface area contributed by atoms with Crippen molar-refractivity contribution < 1.29 is 0 Å². The summed E-state index contributed by atoms with van der Waals surface area (Å²) >= 11 is 3.35. The number of nitriles is 1. The number of aromatic amines is 1. The van der Waals surface area contributed by atoms with Gasteiger partial charge in [0.1, 0.15) is 0 Å². The lowest BCUT2D eigenvalue weighted by molar-refractivity contribution is 0.983. The van der Waals surface area contributed by atoms with Crippen molar-refractivity contribution >= 4 is 26.8 Å². The average Bonchev–Trinajstić information content (AvgIpc) is 2.26. The van der Waals surface area contributed by atoms with Crippen LogP contribution in [0.1, 0.15) is 12.0 Å². The van der Waals surface area contributed by atoms with Crippen LogP contribution in [0.5, 0.6) is 0 Å². The Morgan fingerprint density at radius 3 is 2.94 bits per heavy atom. The molecule has 0 saturated carbocycles. The van der Waals surface area contributed by atoms with Crippen molar-refractivity contribution in [2.24, 2.45) is 0 Å². The van der Waals surface area contributed by atoms with E-state index in [4.69, 9.17) is 5.26 Å². The highest BCUT2D eigenvalue weighted by Gasteiger charge is 2.02. The third-order valence-electron chi connectivity index (χ3n) is 2.39. The zero-order chi connectivity index (χ0) is 11.5. The van der Waals surface area contributed by atoms with Gasteiger partial charge < -0.3 is 4.98 Å². The van der Waals surface area contributed by atoms with Gasteiger partial charge in [0.05, 0.1) is 6.07 Å². The first-order chi connectivity index (χ1) is 7.70. The topological polar surface area (TPSA) is 56.6 Å². The summed E-state index contributed by atoms with van der Waals surface area (Å²) in [6.07, 6.45) is 0.864. The largest absolute Gasteiger partial charge is 0.322 e. The number of hydrogen-bond acceptors (Lipinski definition) is 2. The summed E-state index contributed by atoms with van der Waals surface area (Å²) in [6.45, 7) is 0. The minimum absolute atomic E-state index is 0.110. The Morgan fingerprint density at radius 2 is 2.19 bits per heavy atom. The highest BCUT2D eigenvalue weighted by Crippen LogP contribution is 2.17. The van der Waals surface area contributed by atoms with Crippen molar-refractivity contribution in [3.8, 4) is 6.07 Å². The molecule has 0 fully saturated rings. The number of nitrogens with zero attached hydrogens (tertiary/aromatic N) is 1. The third-order valence-corrected chi connectivity index (χ3v) is 2.88. The lowest BCUT2D eigenvalue weighted by atomic mass is 10.1. The van der Waals surface area contributed by atoms with Crippen LogP contribution < -0.4 is 5.56 Å². The Morgan fingerprint density at radius 1 is 1.38 bits per heavy atom. The normalized spacial score (nSPS) is 10.2. The highest BCUT2D eigenvalue weighted by molar-refractivity contribution is 9.10. The van der Waals surface area contributed by atoms with Gasteiger partial charge in [-0.2, -0.15) is 5.26 Å². The maximum atomic E-state index is 11.7. The standard InChI is InChI=1S/C12H9BrN2O/c13-10-4-3-8-6-9(2-1-5-14)12(16)15-11(8)7-10/h3-4,6-7H,1-2H2,(H,15,16). The van der Waals surface area contributed by atoms with Crippen LogP contribution in [0, 0.1) is 11.3 Å². The average molecular weight is 277 g/mol. The second-order valence-electron chi connectivity index (χ2n) is 3.51. The first kappa shape index (κ1) is 10.9. The predicted octanol–water partition coefficient (Wildman–Crippen LogP) is 2.75. The second-order valence-corrected chi connectivity index (χ2v) is 4.43. The molecular formula is C12H9BrN2O. The summed E-state index contributed by atoms with van der Waals surface area (Å²) in [5.74, 6) is 0. The van der Waals surface area contributed by atoms with Crippen LogP contribution >= 0.6 is 15.9 Å². The molecule has 0 radical (unpaired) electrons. The molecule has 16 heavy (non-hydrogen) atoms.